The van der Waals surface area contributed by atoms with Crippen molar-refractivity contribution < 1.29 is 27.5 Å². The van der Waals surface area contributed by atoms with E-state index < -0.39 is 21.6 Å². The van der Waals surface area contributed by atoms with Crippen molar-refractivity contribution in [2.75, 3.05) is 13.7 Å². The fraction of sp³-hybridized carbons (Fsp3) is 0.391. The van der Waals surface area contributed by atoms with Crippen LogP contribution in [-0.4, -0.2) is 45.6 Å². The number of methoxy groups -OCH3 is 1. The van der Waals surface area contributed by atoms with Gasteiger partial charge in [0.25, 0.3) is 5.91 Å². The Kier molecular flexibility index (Phi) is 9.27. The van der Waals surface area contributed by atoms with Crippen molar-refractivity contribution in [3.8, 4) is 5.75 Å². The smallest absolute Gasteiger partial charge is 0.307 e. The molecule has 8 nitrogen and oxygen atoms in total. The first-order valence-corrected chi connectivity index (χ1v) is 12.2. The Balaban J connectivity index is 1.91. The zero-order valence-electron chi connectivity index (χ0n) is 19.1. The van der Waals surface area contributed by atoms with Crippen LogP contribution in [0.4, 0.5) is 0 Å². The number of sulfonamides is 1. The molecular weight excluding hydrogens is 468 g/mol. The number of esters is 1. The van der Waals surface area contributed by atoms with Crippen LogP contribution in [0.5, 0.6) is 5.75 Å². The molecule has 2 rings (SSSR count). The molecule has 0 aliphatic heterocycles. The third-order valence-corrected chi connectivity index (χ3v) is 6.57. The van der Waals surface area contributed by atoms with E-state index in [0.717, 1.165) is 5.56 Å². The summed E-state index contributed by atoms with van der Waals surface area (Å²) in [5.41, 5.74) is -0.256. The number of halogens is 1. The monoisotopic (exact) mass is 496 g/mol. The summed E-state index contributed by atoms with van der Waals surface area (Å²) >= 11 is 5.82. The highest BCUT2D eigenvalue weighted by atomic mass is 35.5. The molecule has 2 N–H and O–H groups in total. The number of nitrogens with one attached hydrogen (secondary N) is 2. The standard InChI is InChI=1S/C23H29ClN2O6S/c1-16(26-33(29,30)20-11-7-18(24)8-12-20)15-17-5-9-19(10-6-17)32-23(2,3)22(28)25-14-13-21(27)31-4/h5-12,16,26H,13-15H2,1-4H3,(H,25,28)/t16-/m1/s1. The number of carbonyl (C=O) groups excluding carboxylic acids is 2. The van der Waals surface area contributed by atoms with Crippen LogP contribution in [0.1, 0.15) is 32.8 Å². The van der Waals surface area contributed by atoms with Crippen molar-refractivity contribution in [1.82, 2.24) is 10.0 Å². The Morgan fingerprint density at radius 2 is 1.67 bits per heavy atom. The van der Waals surface area contributed by atoms with Gasteiger partial charge < -0.3 is 14.8 Å². The van der Waals surface area contributed by atoms with Gasteiger partial charge in [0, 0.05) is 17.6 Å². The summed E-state index contributed by atoms with van der Waals surface area (Å²) in [7, 11) is -2.37. The SMILES string of the molecule is COC(=O)CCNC(=O)C(C)(C)Oc1ccc(C[C@@H](C)NS(=O)(=O)c2ccc(Cl)cc2)cc1. The quantitative estimate of drug-likeness (QED) is 0.462. The Bertz CT molecular complexity index is 1050. The van der Waals surface area contributed by atoms with Gasteiger partial charge in [-0.2, -0.15) is 0 Å². The van der Waals surface area contributed by atoms with Gasteiger partial charge >= 0.3 is 5.97 Å². The third-order valence-electron chi connectivity index (χ3n) is 4.71. The van der Waals surface area contributed by atoms with E-state index >= 15 is 0 Å². The summed E-state index contributed by atoms with van der Waals surface area (Å²) in [6.07, 6.45) is 0.539. The number of ether oxygens (including phenoxy) is 2. The van der Waals surface area contributed by atoms with Crippen LogP contribution in [0.15, 0.2) is 53.4 Å². The van der Waals surface area contributed by atoms with E-state index in [0.29, 0.717) is 17.2 Å². The van der Waals surface area contributed by atoms with Crippen molar-refractivity contribution in [3.63, 3.8) is 0 Å². The highest BCUT2D eigenvalue weighted by Gasteiger charge is 2.29. The molecule has 0 saturated carbocycles. The Morgan fingerprint density at radius 3 is 2.24 bits per heavy atom. The molecule has 2 aromatic rings. The number of rotatable bonds is 11. The van der Waals surface area contributed by atoms with Gasteiger partial charge in [0.2, 0.25) is 10.0 Å². The summed E-state index contributed by atoms with van der Waals surface area (Å²) < 4.78 is 38.0. The molecule has 180 valence electrons. The maximum atomic E-state index is 12.5. The van der Waals surface area contributed by atoms with E-state index in [1.165, 1.54) is 31.4 Å². The van der Waals surface area contributed by atoms with Gasteiger partial charge in [-0.15, -0.1) is 0 Å². The lowest BCUT2D eigenvalue weighted by molar-refractivity contribution is -0.140. The molecule has 0 aliphatic rings. The predicted molar refractivity (Wildman–Crippen MR) is 126 cm³/mol. The lowest BCUT2D eigenvalue weighted by Crippen LogP contribution is -2.47. The van der Waals surface area contributed by atoms with Gasteiger partial charge in [0.05, 0.1) is 18.4 Å². The molecule has 2 aromatic carbocycles. The first kappa shape index (κ1) is 26.6. The maximum absolute atomic E-state index is 12.5. The van der Waals surface area contributed by atoms with E-state index in [1.54, 1.807) is 32.9 Å². The molecule has 10 heteroatoms. The molecule has 1 atom stereocenters. The minimum atomic E-state index is -3.66. The highest BCUT2D eigenvalue weighted by Crippen LogP contribution is 2.20. The molecular formula is C23H29ClN2O6S. The lowest BCUT2D eigenvalue weighted by atomic mass is 10.1. The number of amides is 1. The van der Waals surface area contributed by atoms with Gasteiger partial charge in [-0.25, -0.2) is 13.1 Å². The summed E-state index contributed by atoms with van der Waals surface area (Å²) in [6.45, 7) is 5.19. The van der Waals surface area contributed by atoms with Crippen LogP contribution in [0, 0.1) is 0 Å². The second-order valence-electron chi connectivity index (χ2n) is 8.02. The lowest BCUT2D eigenvalue weighted by Gasteiger charge is -2.25. The number of hydrogen-bond donors (Lipinski definition) is 2. The van der Waals surface area contributed by atoms with E-state index in [-0.39, 0.29) is 29.8 Å². The van der Waals surface area contributed by atoms with Crippen molar-refractivity contribution in [2.24, 2.45) is 0 Å². The molecule has 0 radical (unpaired) electrons. The molecule has 0 unspecified atom stereocenters. The first-order chi connectivity index (χ1) is 15.4. The van der Waals surface area contributed by atoms with Crippen LogP contribution < -0.4 is 14.8 Å². The van der Waals surface area contributed by atoms with Crippen LogP contribution in [0.2, 0.25) is 5.02 Å². The zero-order chi connectivity index (χ0) is 24.6. The molecule has 0 saturated heterocycles. The van der Waals surface area contributed by atoms with E-state index in [2.05, 4.69) is 14.8 Å². The molecule has 0 aliphatic carbocycles. The molecule has 0 bridgehead atoms. The third kappa shape index (κ3) is 8.34. The Labute approximate surface area is 199 Å². The first-order valence-electron chi connectivity index (χ1n) is 10.3. The minimum absolute atomic E-state index is 0.0764. The van der Waals surface area contributed by atoms with Gasteiger partial charge in [-0.1, -0.05) is 23.7 Å². The number of benzene rings is 2. The normalized spacial score (nSPS) is 12.6. The number of carbonyl (C=O) groups is 2. The average molecular weight is 497 g/mol. The van der Waals surface area contributed by atoms with Crippen LogP contribution in [0.3, 0.4) is 0 Å². The molecule has 0 aromatic heterocycles. The highest BCUT2D eigenvalue weighted by molar-refractivity contribution is 7.89. The summed E-state index contributed by atoms with van der Waals surface area (Å²) in [5.74, 6) is -0.281. The second kappa shape index (κ2) is 11.5. The van der Waals surface area contributed by atoms with Gasteiger partial charge in [0.15, 0.2) is 5.60 Å². The van der Waals surface area contributed by atoms with Crippen molar-refractivity contribution in [2.45, 2.75) is 50.2 Å². The topological polar surface area (TPSA) is 111 Å². The van der Waals surface area contributed by atoms with Crippen LogP contribution in [0.25, 0.3) is 0 Å². The fourth-order valence-electron chi connectivity index (χ4n) is 2.97. The van der Waals surface area contributed by atoms with Crippen LogP contribution in [-0.2, 0) is 30.8 Å². The second-order valence-corrected chi connectivity index (χ2v) is 10.2. The summed E-state index contributed by atoms with van der Waals surface area (Å²) in [5, 5.41) is 3.11. The average Bonchev–Trinajstić information content (AvgIpc) is 2.74. The van der Waals surface area contributed by atoms with E-state index in [1.807, 2.05) is 12.1 Å². The number of hydrogen-bond acceptors (Lipinski definition) is 6. The predicted octanol–water partition coefficient (Wildman–Crippen LogP) is 3.09. The molecule has 33 heavy (non-hydrogen) atoms. The van der Waals surface area contributed by atoms with Crippen LogP contribution >= 0.6 is 11.6 Å². The van der Waals surface area contributed by atoms with Gasteiger partial charge in [-0.05, 0) is 69.2 Å². The largest absolute Gasteiger partial charge is 0.478 e. The van der Waals surface area contributed by atoms with E-state index in [4.69, 9.17) is 16.3 Å². The van der Waals surface area contributed by atoms with Gasteiger partial charge in [0.1, 0.15) is 5.75 Å². The van der Waals surface area contributed by atoms with Crippen molar-refractivity contribution >= 4 is 33.5 Å². The molecule has 1 amide bonds. The molecule has 0 heterocycles. The maximum Gasteiger partial charge on any atom is 0.307 e. The molecule has 0 spiro atoms. The van der Waals surface area contributed by atoms with Crippen molar-refractivity contribution in [1.29, 1.82) is 0 Å². The van der Waals surface area contributed by atoms with Crippen molar-refractivity contribution in [3.05, 3.63) is 59.1 Å². The van der Waals surface area contributed by atoms with E-state index in [9.17, 15) is 18.0 Å². The van der Waals surface area contributed by atoms with Gasteiger partial charge in [-0.3, -0.25) is 9.59 Å². The zero-order valence-corrected chi connectivity index (χ0v) is 20.6. The Morgan fingerprint density at radius 1 is 1.06 bits per heavy atom. The fourth-order valence-corrected chi connectivity index (χ4v) is 4.34. The molecule has 0 fully saturated rings. The Hall–Kier alpha value is -2.62. The minimum Gasteiger partial charge on any atom is -0.478 e. The summed E-state index contributed by atoms with van der Waals surface area (Å²) in [4.78, 5) is 23.7. The summed E-state index contributed by atoms with van der Waals surface area (Å²) in [6, 6.07) is 12.7.